The van der Waals surface area contributed by atoms with Crippen LogP contribution in [0.1, 0.15) is 12.0 Å². The third kappa shape index (κ3) is 4.13. The highest BCUT2D eigenvalue weighted by Crippen LogP contribution is 2.36. The molecule has 6 heteroatoms. The van der Waals surface area contributed by atoms with Crippen LogP contribution in [-0.4, -0.2) is 16.8 Å². The molecule has 0 aliphatic heterocycles. The van der Waals surface area contributed by atoms with Crippen LogP contribution in [0.25, 0.3) is 0 Å². The van der Waals surface area contributed by atoms with E-state index in [4.69, 9.17) is 27.9 Å². The van der Waals surface area contributed by atoms with E-state index in [0.29, 0.717) is 25.2 Å². The molecule has 0 saturated heterocycles. The van der Waals surface area contributed by atoms with Crippen LogP contribution in [0.15, 0.2) is 35.2 Å². The van der Waals surface area contributed by atoms with Crippen molar-refractivity contribution in [3.05, 3.63) is 45.9 Å². The summed E-state index contributed by atoms with van der Waals surface area (Å²) in [6, 6.07) is 7.94. The number of thiol groups is 1. The topological polar surface area (TPSA) is 49.7 Å². The molecule has 2 aromatic rings. The van der Waals surface area contributed by atoms with Crippen LogP contribution in [0.5, 0.6) is 17.2 Å². The fourth-order valence-electron chi connectivity index (χ4n) is 1.93. The van der Waals surface area contributed by atoms with Crippen LogP contribution in [-0.2, 0) is 6.42 Å². The van der Waals surface area contributed by atoms with Gasteiger partial charge in [-0.2, -0.15) is 0 Å². The van der Waals surface area contributed by atoms with Gasteiger partial charge in [-0.15, -0.1) is 12.6 Å². The van der Waals surface area contributed by atoms with Gasteiger partial charge >= 0.3 is 0 Å². The second-order valence-electron chi connectivity index (χ2n) is 4.47. The Morgan fingerprint density at radius 3 is 2.38 bits per heavy atom. The van der Waals surface area contributed by atoms with Crippen LogP contribution >= 0.6 is 35.8 Å². The molecule has 2 N–H and O–H groups in total. The van der Waals surface area contributed by atoms with Gasteiger partial charge in [0.15, 0.2) is 5.75 Å². The largest absolute Gasteiger partial charge is 0.508 e. The van der Waals surface area contributed by atoms with Gasteiger partial charge in [0.1, 0.15) is 11.5 Å². The van der Waals surface area contributed by atoms with Crippen molar-refractivity contribution in [3.63, 3.8) is 0 Å². The van der Waals surface area contributed by atoms with E-state index in [-0.39, 0.29) is 21.5 Å². The van der Waals surface area contributed by atoms with Gasteiger partial charge < -0.3 is 14.9 Å². The van der Waals surface area contributed by atoms with Crippen molar-refractivity contribution in [2.75, 3.05) is 6.61 Å². The number of phenolic OH excluding ortho intramolecular Hbond substituents is 2. The van der Waals surface area contributed by atoms with Crippen LogP contribution in [0.2, 0.25) is 10.0 Å². The maximum atomic E-state index is 9.77. The summed E-state index contributed by atoms with van der Waals surface area (Å²) >= 11 is 16.2. The molecule has 0 bridgehead atoms. The molecule has 0 spiro atoms. The van der Waals surface area contributed by atoms with Crippen molar-refractivity contribution >= 4 is 35.8 Å². The fourth-order valence-corrected chi connectivity index (χ4v) is 2.82. The van der Waals surface area contributed by atoms with Crippen molar-refractivity contribution in [1.82, 2.24) is 0 Å². The summed E-state index contributed by atoms with van der Waals surface area (Å²) in [5.41, 5.74) is 0.785. The van der Waals surface area contributed by atoms with Crippen molar-refractivity contribution < 1.29 is 14.9 Å². The second-order valence-corrected chi connectivity index (χ2v) is 5.76. The molecule has 2 aromatic carbocycles. The first-order valence-electron chi connectivity index (χ1n) is 6.29. The first-order chi connectivity index (χ1) is 9.99. The summed E-state index contributed by atoms with van der Waals surface area (Å²) in [7, 11) is 0. The molecule has 0 saturated carbocycles. The molecule has 0 unspecified atom stereocenters. The van der Waals surface area contributed by atoms with Gasteiger partial charge in [0.05, 0.1) is 16.7 Å². The maximum Gasteiger partial charge on any atom is 0.156 e. The average Bonchev–Trinajstić information content (AvgIpc) is 2.39. The van der Waals surface area contributed by atoms with Crippen molar-refractivity contribution in [1.29, 1.82) is 0 Å². The molecule has 3 nitrogen and oxygen atoms in total. The van der Waals surface area contributed by atoms with Crippen LogP contribution < -0.4 is 4.74 Å². The fraction of sp³-hybridized carbons (Fsp3) is 0.200. The number of halogens is 2. The molecule has 0 aromatic heterocycles. The minimum atomic E-state index is -0.00808. The predicted molar refractivity (Wildman–Crippen MR) is 87.3 cm³/mol. The Hall–Kier alpha value is -1.23. The lowest BCUT2D eigenvalue weighted by Gasteiger charge is -2.11. The minimum absolute atomic E-state index is 0.00808. The number of phenols is 2. The number of ether oxygens (including phenoxy) is 1. The number of rotatable bonds is 5. The molecule has 0 radical (unpaired) electrons. The van der Waals surface area contributed by atoms with Crippen LogP contribution in [0.3, 0.4) is 0 Å². The molecule has 0 aliphatic rings. The Kier molecular flexibility index (Phi) is 5.51. The third-order valence-electron chi connectivity index (χ3n) is 2.93. The zero-order chi connectivity index (χ0) is 15.4. The van der Waals surface area contributed by atoms with E-state index in [9.17, 15) is 10.2 Å². The SMILES string of the molecule is Oc1cc(Cl)c(OCCCc2c(O)cccc2S)c(Cl)c1. The van der Waals surface area contributed by atoms with E-state index >= 15 is 0 Å². The monoisotopic (exact) mass is 344 g/mol. The van der Waals surface area contributed by atoms with E-state index in [1.54, 1.807) is 12.1 Å². The van der Waals surface area contributed by atoms with E-state index in [1.165, 1.54) is 12.1 Å². The van der Waals surface area contributed by atoms with E-state index in [1.807, 2.05) is 6.07 Å². The average molecular weight is 345 g/mol. The summed E-state index contributed by atoms with van der Waals surface area (Å²) in [5.74, 6) is 0.564. The molecule has 0 aliphatic carbocycles. The van der Waals surface area contributed by atoms with E-state index < -0.39 is 0 Å². The predicted octanol–water partition coefficient (Wildman–Crippen LogP) is 4.70. The first kappa shape index (κ1) is 16.1. The first-order valence-corrected chi connectivity index (χ1v) is 7.50. The summed E-state index contributed by atoms with van der Waals surface area (Å²) in [6.07, 6.45) is 1.29. The highest BCUT2D eigenvalue weighted by atomic mass is 35.5. The lowest BCUT2D eigenvalue weighted by Crippen LogP contribution is -2.01. The van der Waals surface area contributed by atoms with Gasteiger partial charge in [0, 0.05) is 22.6 Å². The quantitative estimate of drug-likeness (QED) is 0.544. The van der Waals surface area contributed by atoms with Crippen molar-refractivity contribution in [2.45, 2.75) is 17.7 Å². The zero-order valence-electron chi connectivity index (χ0n) is 11.0. The molecule has 112 valence electrons. The standard InChI is InChI=1S/C15H14Cl2O3S/c16-11-7-9(18)8-12(17)15(11)20-6-2-3-10-13(19)4-1-5-14(10)21/h1,4-5,7-8,18-19,21H,2-3,6H2. The van der Waals surface area contributed by atoms with Crippen LogP contribution in [0, 0.1) is 0 Å². The Morgan fingerprint density at radius 2 is 1.76 bits per heavy atom. The molecule has 0 fully saturated rings. The molecular formula is C15H14Cl2O3S. The molecule has 21 heavy (non-hydrogen) atoms. The van der Waals surface area contributed by atoms with Gasteiger partial charge in [-0.3, -0.25) is 0 Å². The number of hydrogen-bond acceptors (Lipinski definition) is 4. The van der Waals surface area contributed by atoms with Gasteiger partial charge in [-0.25, -0.2) is 0 Å². The summed E-state index contributed by atoms with van der Waals surface area (Å²) < 4.78 is 5.54. The minimum Gasteiger partial charge on any atom is -0.508 e. The van der Waals surface area contributed by atoms with Gasteiger partial charge in [0.2, 0.25) is 0 Å². The molecule has 0 atom stereocenters. The molecule has 0 heterocycles. The van der Waals surface area contributed by atoms with Crippen LogP contribution in [0.4, 0.5) is 0 Å². The maximum absolute atomic E-state index is 9.77. The van der Waals surface area contributed by atoms with Crippen molar-refractivity contribution in [3.8, 4) is 17.2 Å². The zero-order valence-corrected chi connectivity index (χ0v) is 13.4. The Bertz CT molecular complexity index is 604. The summed E-state index contributed by atoms with van der Waals surface area (Å²) in [6.45, 7) is 0.381. The van der Waals surface area contributed by atoms with E-state index in [0.717, 1.165) is 10.5 Å². The van der Waals surface area contributed by atoms with Gasteiger partial charge in [-0.05, 0) is 25.0 Å². The molecule has 2 rings (SSSR count). The van der Waals surface area contributed by atoms with Gasteiger partial charge in [0.25, 0.3) is 0 Å². The van der Waals surface area contributed by atoms with E-state index in [2.05, 4.69) is 12.6 Å². The summed E-state index contributed by atoms with van der Waals surface area (Å²) in [4.78, 5) is 0.746. The Morgan fingerprint density at radius 1 is 1.10 bits per heavy atom. The number of aromatic hydroxyl groups is 2. The number of benzene rings is 2. The molecular weight excluding hydrogens is 331 g/mol. The second kappa shape index (κ2) is 7.16. The lowest BCUT2D eigenvalue weighted by atomic mass is 10.1. The highest BCUT2D eigenvalue weighted by molar-refractivity contribution is 7.80. The third-order valence-corrected chi connectivity index (χ3v) is 3.91. The number of hydrogen-bond donors (Lipinski definition) is 3. The summed E-state index contributed by atoms with van der Waals surface area (Å²) in [5, 5.41) is 19.6. The Labute approximate surface area is 138 Å². The smallest absolute Gasteiger partial charge is 0.156 e. The van der Waals surface area contributed by atoms with Gasteiger partial charge in [-0.1, -0.05) is 29.3 Å². The lowest BCUT2D eigenvalue weighted by molar-refractivity contribution is 0.309. The highest BCUT2D eigenvalue weighted by Gasteiger charge is 2.10. The Balaban J connectivity index is 1.94. The van der Waals surface area contributed by atoms with Crippen molar-refractivity contribution in [2.24, 2.45) is 0 Å². The normalized spacial score (nSPS) is 10.6. The molecule has 0 amide bonds.